The number of nitrogens with one attached hydrogen (secondary N) is 1. The highest BCUT2D eigenvalue weighted by molar-refractivity contribution is 5.72. The van der Waals surface area contributed by atoms with Gasteiger partial charge in [0.2, 0.25) is 0 Å². The van der Waals surface area contributed by atoms with E-state index in [1.807, 2.05) is 0 Å². The smallest absolute Gasteiger partial charge is 0.416 e. The van der Waals surface area contributed by atoms with Gasteiger partial charge in [-0.3, -0.25) is 4.79 Å². The van der Waals surface area contributed by atoms with Gasteiger partial charge in [0.25, 0.3) is 0 Å². The number of alkyl halides is 3. The average molecular weight is 259 g/mol. The fourth-order valence-corrected chi connectivity index (χ4v) is 2.32. The minimum absolute atomic E-state index is 0.00917. The molecular weight excluding hydrogens is 247 g/mol. The van der Waals surface area contributed by atoms with Gasteiger partial charge in [-0.15, -0.1) is 0 Å². The summed E-state index contributed by atoms with van der Waals surface area (Å²) in [6.45, 7) is 0.411. The Morgan fingerprint density at radius 3 is 2.61 bits per heavy atom. The summed E-state index contributed by atoms with van der Waals surface area (Å²) in [5, 5.41) is 11.9. The standard InChI is InChI=1S/C12H12F3NO2/c13-12(14,15)9-4-2-1-3-7(9)10-8(11(17)18)5-6-16-10/h1-4,8,10,16H,5-6H2,(H,17,18). The summed E-state index contributed by atoms with van der Waals surface area (Å²) < 4.78 is 38.6. The third-order valence-electron chi connectivity index (χ3n) is 3.14. The maximum absolute atomic E-state index is 12.9. The molecule has 18 heavy (non-hydrogen) atoms. The summed E-state index contributed by atoms with van der Waals surface area (Å²) in [6.07, 6.45) is -4.13. The highest BCUT2D eigenvalue weighted by Crippen LogP contribution is 2.38. The van der Waals surface area contributed by atoms with Crippen molar-refractivity contribution in [3.05, 3.63) is 35.4 Å². The fourth-order valence-electron chi connectivity index (χ4n) is 2.32. The molecule has 1 aliphatic rings. The molecule has 2 N–H and O–H groups in total. The van der Waals surface area contributed by atoms with Crippen molar-refractivity contribution < 1.29 is 23.1 Å². The third kappa shape index (κ3) is 2.33. The Morgan fingerprint density at radius 1 is 1.33 bits per heavy atom. The van der Waals surface area contributed by atoms with Gasteiger partial charge in [-0.1, -0.05) is 18.2 Å². The van der Waals surface area contributed by atoms with Gasteiger partial charge in [0.1, 0.15) is 0 Å². The largest absolute Gasteiger partial charge is 0.481 e. The number of hydrogen-bond acceptors (Lipinski definition) is 2. The van der Waals surface area contributed by atoms with Crippen LogP contribution in [0.5, 0.6) is 0 Å². The summed E-state index contributed by atoms with van der Waals surface area (Å²) in [6, 6.07) is 4.33. The van der Waals surface area contributed by atoms with E-state index in [4.69, 9.17) is 5.11 Å². The number of aliphatic carboxylic acids is 1. The lowest BCUT2D eigenvalue weighted by Crippen LogP contribution is -2.26. The molecule has 0 saturated carbocycles. The van der Waals surface area contributed by atoms with Crippen LogP contribution < -0.4 is 5.32 Å². The summed E-state index contributed by atoms with van der Waals surface area (Å²) >= 11 is 0. The molecule has 1 fully saturated rings. The van der Waals surface area contributed by atoms with Crippen LogP contribution in [0.4, 0.5) is 13.2 Å². The Bertz CT molecular complexity index is 459. The Balaban J connectivity index is 2.42. The first-order valence-corrected chi connectivity index (χ1v) is 5.53. The van der Waals surface area contributed by atoms with Crippen LogP contribution >= 0.6 is 0 Å². The lowest BCUT2D eigenvalue weighted by molar-refractivity contribution is -0.143. The molecule has 0 bridgehead atoms. The van der Waals surface area contributed by atoms with Crippen molar-refractivity contribution in [3.63, 3.8) is 0 Å². The summed E-state index contributed by atoms with van der Waals surface area (Å²) in [4.78, 5) is 11.0. The van der Waals surface area contributed by atoms with Crippen molar-refractivity contribution in [2.24, 2.45) is 5.92 Å². The number of carboxylic acid groups (broad SMARTS) is 1. The van der Waals surface area contributed by atoms with Crippen molar-refractivity contribution in [1.82, 2.24) is 5.32 Å². The zero-order chi connectivity index (χ0) is 13.3. The van der Waals surface area contributed by atoms with E-state index in [-0.39, 0.29) is 5.56 Å². The van der Waals surface area contributed by atoms with Gasteiger partial charge in [-0.05, 0) is 24.6 Å². The molecule has 2 unspecified atom stereocenters. The van der Waals surface area contributed by atoms with Crippen LogP contribution in [0, 0.1) is 5.92 Å². The molecular formula is C12H12F3NO2. The van der Waals surface area contributed by atoms with Gasteiger partial charge in [0.15, 0.2) is 0 Å². The Hall–Kier alpha value is -1.56. The quantitative estimate of drug-likeness (QED) is 0.857. The minimum Gasteiger partial charge on any atom is -0.481 e. The van der Waals surface area contributed by atoms with Gasteiger partial charge >= 0.3 is 12.1 Å². The fraction of sp³-hybridized carbons (Fsp3) is 0.417. The highest BCUT2D eigenvalue weighted by Gasteiger charge is 2.40. The summed E-state index contributed by atoms with van der Waals surface area (Å²) in [5.74, 6) is -1.88. The van der Waals surface area contributed by atoms with Gasteiger partial charge in [0, 0.05) is 6.04 Å². The first-order valence-electron chi connectivity index (χ1n) is 5.53. The monoisotopic (exact) mass is 259 g/mol. The number of halogens is 3. The second kappa shape index (κ2) is 4.61. The number of carboxylic acids is 1. The van der Waals surface area contributed by atoms with Gasteiger partial charge in [0.05, 0.1) is 11.5 Å². The van der Waals surface area contributed by atoms with Gasteiger partial charge < -0.3 is 10.4 Å². The van der Waals surface area contributed by atoms with Crippen molar-refractivity contribution in [2.75, 3.05) is 6.54 Å². The predicted molar refractivity (Wildman–Crippen MR) is 57.9 cm³/mol. The van der Waals surface area contributed by atoms with E-state index < -0.39 is 29.7 Å². The average Bonchev–Trinajstić information content (AvgIpc) is 2.76. The van der Waals surface area contributed by atoms with Crippen molar-refractivity contribution >= 4 is 5.97 Å². The maximum atomic E-state index is 12.9. The van der Waals surface area contributed by atoms with E-state index in [0.29, 0.717) is 13.0 Å². The maximum Gasteiger partial charge on any atom is 0.416 e. The van der Waals surface area contributed by atoms with E-state index in [1.165, 1.54) is 18.2 Å². The van der Waals surface area contributed by atoms with Crippen molar-refractivity contribution in [3.8, 4) is 0 Å². The van der Waals surface area contributed by atoms with Crippen molar-refractivity contribution in [1.29, 1.82) is 0 Å². The molecule has 2 rings (SSSR count). The van der Waals surface area contributed by atoms with Crippen LogP contribution in [0.2, 0.25) is 0 Å². The SMILES string of the molecule is O=C(O)C1CCNC1c1ccccc1C(F)(F)F. The van der Waals surface area contributed by atoms with E-state index in [9.17, 15) is 18.0 Å². The molecule has 0 radical (unpaired) electrons. The highest BCUT2D eigenvalue weighted by atomic mass is 19.4. The lowest BCUT2D eigenvalue weighted by atomic mass is 9.91. The number of hydrogen-bond donors (Lipinski definition) is 2. The number of benzene rings is 1. The van der Waals surface area contributed by atoms with Crippen LogP contribution in [0.1, 0.15) is 23.6 Å². The minimum atomic E-state index is -4.47. The molecule has 1 aromatic rings. The van der Waals surface area contributed by atoms with Crippen LogP contribution in [0.25, 0.3) is 0 Å². The second-order valence-corrected chi connectivity index (χ2v) is 4.25. The molecule has 0 spiro atoms. The zero-order valence-electron chi connectivity index (χ0n) is 9.37. The van der Waals surface area contributed by atoms with E-state index >= 15 is 0 Å². The molecule has 1 saturated heterocycles. The molecule has 1 aromatic carbocycles. The lowest BCUT2D eigenvalue weighted by Gasteiger charge is -2.21. The first kappa shape index (κ1) is 12.9. The molecule has 2 atom stereocenters. The topological polar surface area (TPSA) is 49.3 Å². The van der Waals surface area contributed by atoms with E-state index in [2.05, 4.69) is 5.32 Å². The summed E-state index contributed by atoms with van der Waals surface area (Å²) in [5.41, 5.74) is -0.759. The molecule has 1 aliphatic heterocycles. The molecule has 1 heterocycles. The van der Waals surface area contributed by atoms with E-state index in [1.54, 1.807) is 0 Å². The van der Waals surface area contributed by atoms with Crippen molar-refractivity contribution in [2.45, 2.75) is 18.6 Å². The molecule has 6 heteroatoms. The first-order chi connectivity index (χ1) is 8.41. The van der Waals surface area contributed by atoms with Crippen LogP contribution in [-0.2, 0) is 11.0 Å². The van der Waals surface area contributed by atoms with Crippen LogP contribution in [0.3, 0.4) is 0 Å². The Labute approximate surface area is 102 Å². The van der Waals surface area contributed by atoms with Crippen LogP contribution in [-0.4, -0.2) is 17.6 Å². The normalized spacial score (nSPS) is 24.2. The Morgan fingerprint density at radius 2 is 2.00 bits per heavy atom. The second-order valence-electron chi connectivity index (χ2n) is 4.25. The zero-order valence-corrected chi connectivity index (χ0v) is 9.37. The van der Waals surface area contributed by atoms with Gasteiger partial charge in [-0.2, -0.15) is 13.2 Å². The number of rotatable bonds is 2. The predicted octanol–water partition coefficient (Wildman–Crippen LogP) is 2.44. The Kier molecular flexibility index (Phi) is 3.30. The summed E-state index contributed by atoms with van der Waals surface area (Å²) in [7, 11) is 0. The molecule has 98 valence electrons. The van der Waals surface area contributed by atoms with E-state index in [0.717, 1.165) is 6.07 Å². The molecule has 0 amide bonds. The van der Waals surface area contributed by atoms with Gasteiger partial charge in [-0.25, -0.2) is 0 Å². The molecule has 0 aliphatic carbocycles. The third-order valence-corrected chi connectivity index (χ3v) is 3.14. The number of carbonyl (C=O) groups is 1. The molecule has 3 nitrogen and oxygen atoms in total. The molecule has 0 aromatic heterocycles. The van der Waals surface area contributed by atoms with Crippen LogP contribution in [0.15, 0.2) is 24.3 Å².